The summed E-state index contributed by atoms with van der Waals surface area (Å²) in [5.41, 5.74) is 20.4. The predicted octanol–water partition coefficient (Wildman–Crippen LogP) is -2.15. The molecule has 0 fully saturated rings. The van der Waals surface area contributed by atoms with E-state index in [-0.39, 0.29) is 5.96 Å². The van der Waals surface area contributed by atoms with Gasteiger partial charge in [0.1, 0.15) is 0 Å². The zero-order chi connectivity index (χ0) is 9.56. The molecule has 0 aliphatic carbocycles. The van der Waals surface area contributed by atoms with E-state index in [2.05, 4.69) is 4.99 Å². The van der Waals surface area contributed by atoms with Gasteiger partial charge in [-0.3, -0.25) is 9.79 Å². The summed E-state index contributed by atoms with van der Waals surface area (Å²) in [6.07, 6.45) is 1.16. The summed E-state index contributed by atoms with van der Waals surface area (Å²) < 4.78 is 0. The van der Waals surface area contributed by atoms with Crippen molar-refractivity contribution < 1.29 is 4.79 Å². The van der Waals surface area contributed by atoms with E-state index < -0.39 is 11.9 Å². The number of primary amides is 1. The van der Waals surface area contributed by atoms with Gasteiger partial charge in [-0.05, 0) is 12.8 Å². The first-order chi connectivity index (χ1) is 5.54. The predicted molar refractivity (Wildman–Crippen MR) is 47.1 cm³/mol. The van der Waals surface area contributed by atoms with Gasteiger partial charge in [0.25, 0.3) is 0 Å². The highest BCUT2D eigenvalue weighted by atomic mass is 16.1. The number of amides is 1. The lowest BCUT2D eigenvalue weighted by molar-refractivity contribution is -0.119. The Kier molecular flexibility index (Phi) is 4.78. The summed E-state index contributed by atoms with van der Waals surface area (Å²) in [6.45, 7) is 0.476. The van der Waals surface area contributed by atoms with Crippen LogP contribution in [0.2, 0.25) is 0 Å². The molecule has 0 saturated heterocycles. The summed E-state index contributed by atoms with van der Waals surface area (Å²) in [4.78, 5) is 14.2. The highest BCUT2D eigenvalue weighted by Crippen LogP contribution is 1.93. The van der Waals surface area contributed by atoms with Gasteiger partial charge in [0.15, 0.2) is 5.96 Å². The minimum atomic E-state index is -0.598. The molecule has 0 aromatic heterocycles. The van der Waals surface area contributed by atoms with Gasteiger partial charge in [-0.15, -0.1) is 0 Å². The van der Waals surface area contributed by atoms with Gasteiger partial charge in [0.05, 0.1) is 6.04 Å². The molecule has 0 spiro atoms. The van der Waals surface area contributed by atoms with Crippen molar-refractivity contribution in [3.8, 4) is 0 Å². The van der Waals surface area contributed by atoms with Crippen LogP contribution in [0.25, 0.3) is 0 Å². The molecule has 0 saturated carbocycles. The van der Waals surface area contributed by atoms with Gasteiger partial charge in [-0.2, -0.15) is 0 Å². The summed E-state index contributed by atoms with van der Waals surface area (Å²) >= 11 is 0. The second-order valence-corrected chi connectivity index (χ2v) is 2.46. The van der Waals surface area contributed by atoms with Crippen molar-refractivity contribution in [3.05, 3.63) is 0 Å². The van der Waals surface area contributed by atoms with Crippen LogP contribution in [0.4, 0.5) is 0 Å². The molecule has 0 aliphatic heterocycles. The Balaban J connectivity index is 3.44. The maximum Gasteiger partial charge on any atom is 0.234 e. The first-order valence-electron chi connectivity index (χ1n) is 3.64. The van der Waals surface area contributed by atoms with E-state index in [1.807, 2.05) is 0 Å². The lowest BCUT2D eigenvalue weighted by Gasteiger charge is -2.04. The van der Waals surface area contributed by atoms with Gasteiger partial charge in [0, 0.05) is 6.54 Å². The summed E-state index contributed by atoms with van der Waals surface area (Å²) in [6, 6.07) is -0.598. The Morgan fingerprint density at radius 2 is 1.92 bits per heavy atom. The normalized spacial score (nSPS) is 12.1. The van der Waals surface area contributed by atoms with Crippen LogP contribution in [-0.4, -0.2) is 24.5 Å². The molecule has 1 amide bonds. The zero-order valence-corrected chi connectivity index (χ0v) is 6.86. The van der Waals surface area contributed by atoms with Crippen molar-refractivity contribution in [1.29, 1.82) is 0 Å². The van der Waals surface area contributed by atoms with Gasteiger partial charge in [0.2, 0.25) is 5.91 Å². The molecule has 70 valence electrons. The third kappa shape index (κ3) is 5.48. The minimum absolute atomic E-state index is 0.0441. The van der Waals surface area contributed by atoms with Crippen LogP contribution in [-0.2, 0) is 4.79 Å². The van der Waals surface area contributed by atoms with Crippen molar-refractivity contribution in [3.63, 3.8) is 0 Å². The maximum atomic E-state index is 10.4. The quantitative estimate of drug-likeness (QED) is 0.214. The van der Waals surface area contributed by atoms with Crippen molar-refractivity contribution in [2.75, 3.05) is 6.54 Å². The standard InChI is InChI=1S/C6H15N5O/c7-4(5(8)12)2-1-3-11-6(9)10/h4H,1-3,7H2,(H2,8,12)(H4,9,10,11)/t4-/m1/s1. The summed E-state index contributed by atoms with van der Waals surface area (Å²) in [7, 11) is 0. The molecule has 0 rings (SSSR count). The van der Waals surface area contributed by atoms with E-state index in [9.17, 15) is 4.79 Å². The lowest BCUT2D eigenvalue weighted by Crippen LogP contribution is -2.36. The maximum absolute atomic E-state index is 10.4. The molecule has 12 heavy (non-hydrogen) atoms. The van der Waals surface area contributed by atoms with Gasteiger partial charge in [-0.1, -0.05) is 0 Å². The fourth-order valence-corrected chi connectivity index (χ4v) is 0.662. The Labute approximate surface area is 71.0 Å². The summed E-state index contributed by atoms with van der Waals surface area (Å²) in [5.74, 6) is -0.456. The molecular weight excluding hydrogens is 158 g/mol. The number of nitrogens with two attached hydrogens (primary N) is 4. The molecule has 0 aromatic carbocycles. The number of rotatable bonds is 5. The molecule has 0 radical (unpaired) electrons. The molecule has 8 N–H and O–H groups in total. The summed E-state index contributed by atoms with van der Waals surface area (Å²) in [5, 5.41) is 0. The van der Waals surface area contributed by atoms with Crippen LogP contribution in [0, 0.1) is 0 Å². The van der Waals surface area contributed by atoms with Gasteiger partial charge >= 0.3 is 0 Å². The lowest BCUT2D eigenvalue weighted by atomic mass is 10.1. The second kappa shape index (κ2) is 5.36. The smallest absolute Gasteiger partial charge is 0.234 e. The molecule has 0 heterocycles. The molecule has 0 bridgehead atoms. The Morgan fingerprint density at radius 3 is 2.33 bits per heavy atom. The van der Waals surface area contributed by atoms with E-state index in [0.29, 0.717) is 19.4 Å². The topological polar surface area (TPSA) is 134 Å². The number of carbonyl (C=O) groups excluding carboxylic acids is 1. The van der Waals surface area contributed by atoms with E-state index in [1.54, 1.807) is 0 Å². The SMILES string of the molecule is NC(=O)[C@H](N)CCCN=C(N)N. The van der Waals surface area contributed by atoms with Crippen LogP contribution in [0.5, 0.6) is 0 Å². The van der Waals surface area contributed by atoms with Crippen molar-refractivity contribution in [1.82, 2.24) is 0 Å². The molecule has 6 heteroatoms. The van der Waals surface area contributed by atoms with Crippen molar-refractivity contribution in [2.24, 2.45) is 27.9 Å². The molecule has 0 aromatic rings. The second-order valence-electron chi connectivity index (χ2n) is 2.46. The van der Waals surface area contributed by atoms with Crippen LogP contribution in [0.15, 0.2) is 4.99 Å². The average molecular weight is 173 g/mol. The zero-order valence-electron chi connectivity index (χ0n) is 6.86. The monoisotopic (exact) mass is 173 g/mol. The first-order valence-corrected chi connectivity index (χ1v) is 3.64. The molecule has 6 nitrogen and oxygen atoms in total. The van der Waals surface area contributed by atoms with Crippen LogP contribution in [0.3, 0.4) is 0 Å². The van der Waals surface area contributed by atoms with Gasteiger partial charge in [-0.25, -0.2) is 0 Å². The Hall–Kier alpha value is -1.30. The van der Waals surface area contributed by atoms with E-state index in [4.69, 9.17) is 22.9 Å². The van der Waals surface area contributed by atoms with E-state index in [1.165, 1.54) is 0 Å². The Morgan fingerprint density at radius 1 is 1.33 bits per heavy atom. The highest BCUT2D eigenvalue weighted by molar-refractivity contribution is 5.79. The van der Waals surface area contributed by atoms with Crippen LogP contribution >= 0.6 is 0 Å². The highest BCUT2D eigenvalue weighted by Gasteiger charge is 2.07. The van der Waals surface area contributed by atoms with Crippen LogP contribution < -0.4 is 22.9 Å². The fourth-order valence-electron chi connectivity index (χ4n) is 0.662. The number of hydrogen-bond acceptors (Lipinski definition) is 3. The number of carbonyl (C=O) groups is 1. The van der Waals surface area contributed by atoms with Crippen molar-refractivity contribution >= 4 is 11.9 Å². The molecular formula is C6H15N5O. The Bertz CT molecular complexity index is 175. The molecule has 0 unspecified atom stereocenters. The third-order valence-electron chi connectivity index (χ3n) is 1.33. The van der Waals surface area contributed by atoms with Gasteiger partial charge < -0.3 is 22.9 Å². The van der Waals surface area contributed by atoms with E-state index >= 15 is 0 Å². The minimum Gasteiger partial charge on any atom is -0.370 e. The molecule has 1 atom stereocenters. The van der Waals surface area contributed by atoms with E-state index in [0.717, 1.165) is 0 Å². The molecule has 0 aliphatic rings. The van der Waals surface area contributed by atoms with Crippen LogP contribution in [0.1, 0.15) is 12.8 Å². The number of aliphatic imine (C=N–C) groups is 1. The van der Waals surface area contributed by atoms with Crippen molar-refractivity contribution in [2.45, 2.75) is 18.9 Å². The number of nitrogens with zero attached hydrogens (tertiary/aromatic N) is 1. The number of guanidine groups is 1. The number of hydrogen-bond donors (Lipinski definition) is 4. The first kappa shape index (κ1) is 10.7. The fraction of sp³-hybridized carbons (Fsp3) is 0.667. The largest absolute Gasteiger partial charge is 0.370 e. The third-order valence-corrected chi connectivity index (χ3v) is 1.33. The average Bonchev–Trinajstić information content (AvgIpc) is 1.97.